The van der Waals surface area contributed by atoms with E-state index in [0.29, 0.717) is 33.5 Å². The molecular formula is C31H50O2. The maximum Gasteiger partial charge on any atom is 0.128 e. The van der Waals surface area contributed by atoms with Crippen molar-refractivity contribution in [2.24, 2.45) is 56.7 Å². The highest BCUT2D eigenvalue weighted by atomic mass is 16.3. The minimum absolute atomic E-state index is 0.341. The first-order valence-corrected chi connectivity index (χ1v) is 14.2. The number of rotatable bonds is 6. The van der Waals surface area contributed by atoms with E-state index in [1.165, 1.54) is 56.9 Å². The van der Waals surface area contributed by atoms with E-state index < -0.39 is 11.5 Å². The summed E-state index contributed by atoms with van der Waals surface area (Å²) in [6, 6.07) is 0. The van der Waals surface area contributed by atoms with Crippen LogP contribution in [-0.4, -0.2) is 17.5 Å². The van der Waals surface area contributed by atoms with Crippen LogP contribution in [0.25, 0.3) is 0 Å². The lowest BCUT2D eigenvalue weighted by molar-refractivity contribution is -0.168. The monoisotopic (exact) mass is 454 g/mol. The van der Waals surface area contributed by atoms with E-state index in [-0.39, 0.29) is 0 Å². The topological polar surface area (TPSA) is 37.3 Å². The Kier molecular flexibility index (Phi) is 5.43. The van der Waals surface area contributed by atoms with Gasteiger partial charge in [-0.25, -0.2) is 0 Å². The standard InChI is InChI=1S/C31H50O2/c1-20(2)21(3)8-9-22(4)23-12-14-29(7)25-11-10-24-27(5,19-32)26(33)13-15-30(24)18-31(25,30)17-16-28(23,29)6/h19-20,22-26,33H,3,8-18H2,1-2,4-7H3/t22-,23-,24+,25+,26+,27+,28-,29+,30-,31+/m1/s1. The van der Waals surface area contributed by atoms with Crippen molar-refractivity contribution in [3.05, 3.63) is 12.2 Å². The maximum absolute atomic E-state index is 12.3. The molecule has 33 heavy (non-hydrogen) atoms. The number of allylic oxidation sites excluding steroid dienone is 1. The second-order valence-corrected chi connectivity index (χ2v) is 14.5. The third-order valence-corrected chi connectivity index (χ3v) is 13.5. The second-order valence-electron chi connectivity index (χ2n) is 14.5. The quantitative estimate of drug-likeness (QED) is 0.331. The molecule has 0 aliphatic heterocycles. The summed E-state index contributed by atoms with van der Waals surface area (Å²) < 4.78 is 0. The van der Waals surface area contributed by atoms with E-state index in [1.807, 2.05) is 0 Å². The first-order valence-electron chi connectivity index (χ1n) is 14.2. The fourth-order valence-electron chi connectivity index (χ4n) is 11.1. The predicted molar refractivity (Wildman–Crippen MR) is 136 cm³/mol. The van der Waals surface area contributed by atoms with Crippen LogP contribution in [-0.2, 0) is 4.79 Å². The van der Waals surface area contributed by atoms with Gasteiger partial charge in [-0.05, 0) is 122 Å². The Morgan fingerprint density at radius 3 is 2.27 bits per heavy atom. The summed E-state index contributed by atoms with van der Waals surface area (Å²) in [6.07, 6.45) is 14.5. The SMILES string of the molecule is C=C(CC[C@@H](C)[C@H]1CC[C@@]2(C)[C@@H]3CC[C@H]4[C@](C)(C=O)[C@@H](O)CC[C@@]45C[C@@]35CC[C@]12C)C(C)C. The highest BCUT2D eigenvalue weighted by Gasteiger charge is 2.82. The normalized spacial score (nSPS) is 53.5. The van der Waals surface area contributed by atoms with E-state index in [1.54, 1.807) is 0 Å². The van der Waals surface area contributed by atoms with Crippen LogP contribution in [0.2, 0.25) is 0 Å². The molecule has 186 valence electrons. The van der Waals surface area contributed by atoms with Crippen molar-refractivity contribution in [3.63, 3.8) is 0 Å². The molecule has 0 bridgehead atoms. The van der Waals surface area contributed by atoms with Gasteiger partial charge in [-0.1, -0.05) is 53.7 Å². The minimum atomic E-state index is -0.528. The van der Waals surface area contributed by atoms with E-state index in [4.69, 9.17) is 0 Å². The van der Waals surface area contributed by atoms with Crippen LogP contribution in [0, 0.1) is 56.7 Å². The van der Waals surface area contributed by atoms with Gasteiger partial charge >= 0.3 is 0 Å². The zero-order valence-corrected chi connectivity index (χ0v) is 22.4. The zero-order valence-electron chi connectivity index (χ0n) is 22.4. The Labute approximate surface area is 203 Å². The van der Waals surface area contributed by atoms with Crippen molar-refractivity contribution in [1.82, 2.24) is 0 Å². The van der Waals surface area contributed by atoms with Crippen LogP contribution < -0.4 is 0 Å². The van der Waals surface area contributed by atoms with Gasteiger partial charge in [0.05, 0.1) is 11.5 Å². The molecule has 0 radical (unpaired) electrons. The van der Waals surface area contributed by atoms with Crippen LogP contribution in [0.15, 0.2) is 12.2 Å². The summed E-state index contributed by atoms with van der Waals surface area (Å²) in [6.45, 7) is 18.9. The summed E-state index contributed by atoms with van der Waals surface area (Å²) in [7, 11) is 0. The molecule has 0 saturated heterocycles. The Morgan fingerprint density at radius 2 is 1.61 bits per heavy atom. The smallest absolute Gasteiger partial charge is 0.128 e. The second kappa shape index (κ2) is 7.44. The molecule has 1 N–H and O–H groups in total. The highest BCUT2D eigenvalue weighted by molar-refractivity contribution is 5.62. The Morgan fingerprint density at radius 1 is 0.939 bits per heavy atom. The Hall–Kier alpha value is -0.630. The highest BCUT2D eigenvalue weighted by Crippen LogP contribution is 2.89. The number of carbonyl (C=O) groups excluding carboxylic acids is 1. The summed E-state index contributed by atoms with van der Waals surface area (Å²) in [5.74, 6) is 3.42. The molecule has 0 unspecified atom stereocenters. The number of aliphatic hydroxyl groups excluding tert-OH is 1. The number of carbonyl (C=O) groups is 1. The van der Waals surface area contributed by atoms with Crippen molar-refractivity contribution in [2.75, 3.05) is 0 Å². The number of hydrogen-bond acceptors (Lipinski definition) is 2. The first-order chi connectivity index (χ1) is 15.4. The zero-order chi connectivity index (χ0) is 24.0. The lowest BCUT2D eigenvalue weighted by Crippen LogP contribution is -2.58. The molecule has 0 amide bonds. The molecule has 0 aromatic heterocycles. The molecule has 5 aliphatic rings. The maximum atomic E-state index is 12.3. The molecule has 2 heteroatoms. The lowest BCUT2D eigenvalue weighted by atomic mass is 9.41. The average molecular weight is 455 g/mol. The van der Waals surface area contributed by atoms with Crippen LogP contribution >= 0.6 is 0 Å². The minimum Gasteiger partial charge on any atom is -0.392 e. The number of hydrogen-bond donors (Lipinski definition) is 1. The molecule has 0 aromatic rings. The third kappa shape index (κ3) is 2.85. The molecule has 5 fully saturated rings. The van der Waals surface area contributed by atoms with Gasteiger partial charge in [0.15, 0.2) is 0 Å². The van der Waals surface area contributed by atoms with Crippen molar-refractivity contribution in [2.45, 2.75) is 118 Å². The number of aliphatic hydroxyl groups is 1. The number of aldehydes is 1. The van der Waals surface area contributed by atoms with Crippen LogP contribution in [0.3, 0.4) is 0 Å². The lowest BCUT2D eigenvalue weighted by Gasteiger charge is -2.63. The van der Waals surface area contributed by atoms with Crippen LogP contribution in [0.1, 0.15) is 112 Å². The fraction of sp³-hybridized carbons (Fsp3) is 0.903. The molecule has 5 saturated carbocycles. The van der Waals surface area contributed by atoms with Gasteiger partial charge in [0.25, 0.3) is 0 Å². The van der Waals surface area contributed by atoms with Gasteiger partial charge in [-0.15, -0.1) is 0 Å². The Bertz CT molecular complexity index is 831. The molecule has 10 atom stereocenters. The molecular weight excluding hydrogens is 404 g/mol. The summed E-state index contributed by atoms with van der Waals surface area (Å²) >= 11 is 0. The molecule has 5 aliphatic carbocycles. The first kappa shape index (κ1) is 24.1. The summed E-state index contributed by atoms with van der Waals surface area (Å²) in [4.78, 5) is 12.3. The predicted octanol–water partition coefficient (Wildman–Crippen LogP) is 7.59. The average Bonchev–Trinajstić information content (AvgIpc) is 3.37. The molecule has 2 nitrogen and oxygen atoms in total. The molecule has 5 rings (SSSR count). The summed E-state index contributed by atoms with van der Waals surface area (Å²) in [5, 5.41) is 10.8. The van der Waals surface area contributed by atoms with Gasteiger partial charge in [0.1, 0.15) is 6.29 Å². The van der Waals surface area contributed by atoms with Crippen molar-refractivity contribution < 1.29 is 9.90 Å². The van der Waals surface area contributed by atoms with Crippen molar-refractivity contribution in [3.8, 4) is 0 Å². The van der Waals surface area contributed by atoms with Gasteiger partial charge in [0, 0.05) is 0 Å². The van der Waals surface area contributed by atoms with Gasteiger partial charge < -0.3 is 9.90 Å². The molecule has 0 aromatic carbocycles. The van der Waals surface area contributed by atoms with E-state index in [9.17, 15) is 9.90 Å². The van der Waals surface area contributed by atoms with Gasteiger partial charge in [0.2, 0.25) is 0 Å². The number of fused-ring (bicyclic) bond motifs is 2. The van der Waals surface area contributed by atoms with Crippen LogP contribution in [0.4, 0.5) is 0 Å². The van der Waals surface area contributed by atoms with Crippen molar-refractivity contribution in [1.29, 1.82) is 0 Å². The van der Waals surface area contributed by atoms with Crippen LogP contribution in [0.5, 0.6) is 0 Å². The fourth-order valence-corrected chi connectivity index (χ4v) is 11.1. The van der Waals surface area contributed by atoms with Crippen molar-refractivity contribution >= 4 is 6.29 Å². The van der Waals surface area contributed by atoms with E-state index >= 15 is 0 Å². The third-order valence-electron chi connectivity index (χ3n) is 13.5. The molecule has 2 spiro atoms. The van der Waals surface area contributed by atoms with Gasteiger partial charge in [-0.2, -0.15) is 0 Å². The van der Waals surface area contributed by atoms with E-state index in [0.717, 1.165) is 43.3 Å². The Balaban J connectivity index is 1.40. The summed E-state index contributed by atoms with van der Waals surface area (Å²) in [5.41, 5.74) is 2.57. The largest absolute Gasteiger partial charge is 0.392 e. The molecule has 0 heterocycles. The van der Waals surface area contributed by atoms with Gasteiger partial charge in [-0.3, -0.25) is 0 Å². The van der Waals surface area contributed by atoms with E-state index in [2.05, 4.69) is 48.1 Å².